The van der Waals surface area contributed by atoms with Crippen LogP contribution in [-0.2, 0) is 17.1 Å². The number of anilines is 2. The van der Waals surface area contributed by atoms with Crippen LogP contribution in [0.5, 0.6) is 0 Å². The molecule has 3 rings (SSSR count). The summed E-state index contributed by atoms with van der Waals surface area (Å²) in [7, 11) is -2.00. The van der Waals surface area contributed by atoms with Gasteiger partial charge in [0.15, 0.2) is 0 Å². The summed E-state index contributed by atoms with van der Waals surface area (Å²) in [5.74, 6) is 1.37. The van der Waals surface area contributed by atoms with Crippen molar-refractivity contribution in [1.82, 2.24) is 19.7 Å². The number of aromatic nitrogens is 4. The van der Waals surface area contributed by atoms with E-state index in [2.05, 4.69) is 31.6 Å². The second kappa shape index (κ2) is 6.62. The first-order valence-corrected chi connectivity index (χ1v) is 9.86. The maximum atomic E-state index is 12.6. The lowest BCUT2D eigenvalue weighted by Crippen LogP contribution is -2.34. The Labute approximate surface area is 148 Å². The Morgan fingerprint density at radius 2 is 1.76 bits per heavy atom. The highest BCUT2D eigenvalue weighted by Crippen LogP contribution is 2.23. The van der Waals surface area contributed by atoms with Crippen molar-refractivity contribution in [1.29, 1.82) is 0 Å². The van der Waals surface area contributed by atoms with Crippen LogP contribution >= 0.6 is 0 Å². The van der Waals surface area contributed by atoms with Gasteiger partial charge in [0.1, 0.15) is 4.90 Å². The molecule has 2 aromatic rings. The molecule has 1 fully saturated rings. The van der Waals surface area contributed by atoms with Crippen molar-refractivity contribution >= 4 is 21.7 Å². The molecule has 8 nitrogen and oxygen atoms in total. The number of piperidine rings is 1. The van der Waals surface area contributed by atoms with E-state index in [9.17, 15) is 8.42 Å². The van der Waals surface area contributed by atoms with Gasteiger partial charge in [-0.25, -0.2) is 18.4 Å². The van der Waals surface area contributed by atoms with E-state index in [0.717, 1.165) is 31.8 Å². The Bertz CT molecular complexity index is 851. The van der Waals surface area contributed by atoms with Crippen molar-refractivity contribution in [3.63, 3.8) is 0 Å². The van der Waals surface area contributed by atoms with Gasteiger partial charge in [0.2, 0.25) is 5.95 Å². The fraction of sp³-hybridized carbons (Fsp3) is 0.562. The number of nitrogens with one attached hydrogen (secondary N) is 1. The largest absolute Gasteiger partial charge is 0.341 e. The van der Waals surface area contributed by atoms with Gasteiger partial charge in [-0.2, -0.15) is 5.10 Å². The molecule has 0 amide bonds. The summed E-state index contributed by atoms with van der Waals surface area (Å²) in [5, 5.41) is 4.16. The van der Waals surface area contributed by atoms with Gasteiger partial charge in [0.05, 0.1) is 29.5 Å². The molecule has 1 N–H and O–H groups in total. The fourth-order valence-corrected chi connectivity index (χ4v) is 4.56. The minimum absolute atomic E-state index is 0.198. The van der Waals surface area contributed by atoms with Gasteiger partial charge in [0.25, 0.3) is 10.0 Å². The van der Waals surface area contributed by atoms with E-state index >= 15 is 0 Å². The van der Waals surface area contributed by atoms with Crippen molar-refractivity contribution in [2.75, 3.05) is 22.7 Å². The number of aryl methyl sites for hydroxylation is 2. The molecule has 1 saturated heterocycles. The third kappa shape index (κ3) is 3.60. The minimum atomic E-state index is -3.73. The number of hydrogen-bond donors (Lipinski definition) is 1. The van der Waals surface area contributed by atoms with Crippen LogP contribution in [0.3, 0.4) is 0 Å². The molecule has 9 heteroatoms. The monoisotopic (exact) mass is 364 g/mol. The van der Waals surface area contributed by atoms with Crippen LogP contribution in [-0.4, -0.2) is 41.3 Å². The van der Waals surface area contributed by atoms with E-state index in [0.29, 0.717) is 23.0 Å². The molecule has 1 aliphatic rings. The summed E-state index contributed by atoms with van der Waals surface area (Å²) < 4.78 is 29.4. The second-order valence-electron chi connectivity index (χ2n) is 6.67. The van der Waals surface area contributed by atoms with Gasteiger partial charge >= 0.3 is 0 Å². The van der Waals surface area contributed by atoms with Crippen LogP contribution in [0.15, 0.2) is 17.3 Å². The number of nitrogens with zero attached hydrogens (tertiary/aromatic N) is 5. The molecular weight excluding hydrogens is 340 g/mol. The van der Waals surface area contributed by atoms with Gasteiger partial charge < -0.3 is 4.90 Å². The average molecular weight is 364 g/mol. The molecule has 1 aliphatic heterocycles. The first kappa shape index (κ1) is 17.7. The van der Waals surface area contributed by atoms with E-state index in [-0.39, 0.29) is 4.90 Å². The lowest BCUT2D eigenvalue weighted by atomic mass is 10.00. The van der Waals surface area contributed by atoms with Gasteiger partial charge in [-0.15, -0.1) is 0 Å². The quantitative estimate of drug-likeness (QED) is 0.890. The number of sulfonamides is 1. The standard InChI is InChI=1S/C16H24N6O2S/c1-11-5-7-22(8-6-11)16-17-9-14(10-18-16)20-25(23,24)15-12(2)19-21(4)13(15)3/h9-11,20H,5-8H2,1-4H3. The first-order chi connectivity index (χ1) is 11.8. The molecule has 0 aliphatic carbocycles. The Kier molecular flexibility index (Phi) is 4.68. The topological polar surface area (TPSA) is 93.0 Å². The Morgan fingerprint density at radius 3 is 2.28 bits per heavy atom. The highest BCUT2D eigenvalue weighted by atomic mass is 32.2. The molecule has 0 unspecified atom stereocenters. The lowest BCUT2D eigenvalue weighted by Gasteiger charge is -2.30. The molecule has 0 spiro atoms. The maximum Gasteiger partial charge on any atom is 0.265 e. The Morgan fingerprint density at radius 1 is 1.16 bits per heavy atom. The average Bonchev–Trinajstić information content (AvgIpc) is 2.82. The molecule has 0 aromatic carbocycles. The zero-order valence-electron chi connectivity index (χ0n) is 15.0. The minimum Gasteiger partial charge on any atom is -0.341 e. The van der Waals surface area contributed by atoms with Crippen molar-refractivity contribution < 1.29 is 8.42 Å². The van der Waals surface area contributed by atoms with E-state index in [1.54, 1.807) is 25.6 Å². The normalized spacial score (nSPS) is 16.2. The smallest absolute Gasteiger partial charge is 0.265 e. The fourth-order valence-electron chi connectivity index (χ4n) is 3.10. The third-order valence-electron chi connectivity index (χ3n) is 4.67. The van der Waals surface area contributed by atoms with E-state index in [1.807, 2.05) is 0 Å². The predicted molar refractivity (Wildman–Crippen MR) is 96.1 cm³/mol. The van der Waals surface area contributed by atoms with Crippen molar-refractivity contribution in [3.8, 4) is 0 Å². The molecule has 25 heavy (non-hydrogen) atoms. The highest BCUT2D eigenvalue weighted by molar-refractivity contribution is 7.92. The Hall–Kier alpha value is -2.16. The molecule has 0 radical (unpaired) electrons. The summed E-state index contributed by atoms with van der Waals surface area (Å²) in [6, 6.07) is 0. The zero-order chi connectivity index (χ0) is 18.2. The summed E-state index contributed by atoms with van der Waals surface area (Å²) >= 11 is 0. The van der Waals surface area contributed by atoms with Gasteiger partial charge in [0, 0.05) is 20.1 Å². The number of rotatable bonds is 4. The SMILES string of the molecule is Cc1nn(C)c(C)c1S(=O)(=O)Nc1cnc(N2CCC(C)CC2)nc1. The third-order valence-corrected chi connectivity index (χ3v) is 6.30. The maximum absolute atomic E-state index is 12.6. The summed E-state index contributed by atoms with van der Waals surface area (Å²) in [6.07, 6.45) is 5.27. The van der Waals surface area contributed by atoms with Crippen LogP contribution in [0.1, 0.15) is 31.2 Å². The van der Waals surface area contributed by atoms with E-state index in [4.69, 9.17) is 0 Å². The summed E-state index contributed by atoms with van der Waals surface area (Å²) in [5.41, 5.74) is 1.40. The molecule has 2 aromatic heterocycles. The Balaban J connectivity index is 1.77. The van der Waals surface area contributed by atoms with E-state index < -0.39 is 10.0 Å². The molecule has 0 saturated carbocycles. The predicted octanol–water partition coefficient (Wildman–Crippen LogP) is 1.86. The molecule has 136 valence electrons. The highest BCUT2D eigenvalue weighted by Gasteiger charge is 2.24. The van der Waals surface area contributed by atoms with Crippen LogP contribution in [0.4, 0.5) is 11.6 Å². The summed E-state index contributed by atoms with van der Waals surface area (Å²) in [6.45, 7) is 7.52. The second-order valence-corrected chi connectivity index (χ2v) is 8.29. The van der Waals surface area contributed by atoms with Gasteiger partial charge in [-0.3, -0.25) is 9.40 Å². The van der Waals surface area contributed by atoms with Crippen molar-refractivity contribution in [2.45, 2.75) is 38.5 Å². The molecule has 0 atom stereocenters. The van der Waals surface area contributed by atoms with Crippen molar-refractivity contribution in [2.24, 2.45) is 13.0 Å². The lowest BCUT2D eigenvalue weighted by molar-refractivity contribution is 0.434. The number of hydrogen-bond acceptors (Lipinski definition) is 6. The van der Waals surface area contributed by atoms with Crippen LogP contribution in [0.2, 0.25) is 0 Å². The van der Waals surface area contributed by atoms with Gasteiger partial charge in [-0.1, -0.05) is 6.92 Å². The van der Waals surface area contributed by atoms with Crippen LogP contribution in [0, 0.1) is 19.8 Å². The molecule has 0 bridgehead atoms. The van der Waals surface area contributed by atoms with Crippen LogP contribution < -0.4 is 9.62 Å². The summed E-state index contributed by atoms with van der Waals surface area (Å²) in [4.78, 5) is 11.0. The van der Waals surface area contributed by atoms with E-state index in [1.165, 1.54) is 12.4 Å². The molecule has 3 heterocycles. The zero-order valence-corrected chi connectivity index (χ0v) is 15.8. The molecular formula is C16H24N6O2S. The van der Waals surface area contributed by atoms with Crippen molar-refractivity contribution in [3.05, 3.63) is 23.8 Å². The van der Waals surface area contributed by atoms with Crippen LogP contribution in [0.25, 0.3) is 0 Å². The first-order valence-electron chi connectivity index (χ1n) is 8.38. The van der Waals surface area contributed by atoms with Gasteiger partial charge in [-0.05, 0) is 32.6 Å².